The molecule has 2 N–H and O–H groups in total. The summed E-state index contributed by atoms with van der Waals surface area (Å²) < 4.78 is 16.2. The maximum absolute atomic E-state index is 14.7. The van der Waals surface area contributed by atoms with Crippen molar-refractivity contribution in [3.63, 3.8) is 0 Å². The molecule has 8 nitrogen and oxygen atoms in total. The standard InChI is InChI=1S/C18H13ClFN7OS/c1-8-12-15(13-9(19)3-2-4-10(13)20)29-5-11(28)25-17(12)27(26-8)18-14-16(22-6-21-14)23-7-24-18/h2-4,6-7,15H,5H2,1H3,(H,25,28)(H,21,22,23,24)/t15-/m1/s1. The molecule has 0 radical (unpaired) electrons. The second-order valence-corrected chi connectivity index (χ2v) is 7.93. The Bertz CT molecular complexity index is 1250. The number of aryl methyl sites for hydroxylation is 1. The number of hydrogen-bond acceptors (Lipinski definition) is 6. The van der Waals surface area contributed by atoms with Crippen molar-refractivity contribution in [3.8, 4) is 5.82 Å². The first-order chi connectivity index (χ1) is 14.0. The Kier molecular flexibility index (Phi) is 4.25. The van der Waals surface area contributed by atoms with Gasteiger partial charge in [0.1, 0.15) is 23.5 Å². The van der Waals surface area contributed by atoms with E-state index in [2.05, 4.69) is 30.4 Å². The summed E-state index contributed by atoms with van der Waals surface area (Å²) in [5.74, 6) is 0.355. The van der Waals surface area contributed by atoms with Gasteiger partial charge in [0.15, 0.2) is 11.5 Å². The van der Waals surface area contributed by atoms with Crippen LogP contribution in [0.1, 0.15) is 22.1 Å². The van der Waals surface area contributed by atoms with E-state index in [9.17, 15) is 9.18 Å². The maximum Gasteiger partial charge on any atom is 0.235 e. The van der Waals surface area contributed by atoms with Crippen LogP contribution in [0.2, 0.25) is 5.02 Å². The molecule has 1 aromatic carbocycles. The Morgan fingerprint density at radius 2 is 2.14 bits per heavy atom. The van der Waals surface area contributed by atoms with E-state index in [-0.39, 0.29) is 11.7 Å². The normalized spacial score (nSPS) is 16.5. The van der Waals surface area contributed by atoms with E-state index in [1.807, 2.05) is 0 Å². The Balaban J connectivity index is 1.77. The number of imidazole rings is 1. The highest BCUT2D eigenvalue weighted by molar-refractivity contribution is 8.00. The van der Waals surface area contributed by atoms with E-state index in [0.717, 1.165) is 0 Å². The first-order valence-electron chi connectivity index (χ1n) is 8.64. The van der Waals surface area contributed by atoms with Crippen molar-refractivity contribution in [2.24, 2.45) is 0 Å². The molecular formula is C18H13ClFN7OS. The molecule has 0 unspecified atom stereocenters. The fraction of sp³-hybridized carbons (Fsp3) is 0.167. The molecule has 3 aromatic heterocycles. The van der Waals surface area contributed by atoms with Crippen LogP contribution in [0.5, 0.6) is 0 Å². The monoisotopic (exact) mass is 429 g/mol. The average Bonchev–Trinajstić information content (AvgIpc) is 3.24. The van der Waals surface area contributed by atoms with Gasteiger partial charge in [0.25, 0.3) is 0 Å². The number of halogens is 2. The van der Waals surface area contributed by atoms with Crippen molar-refractivity contribution >= 4 is 46.3 Å². The molecule has 1 atom stereocenters. The third kappa shape index (κ3) is 2.87. The van der Waals surface area contributed by atoms with Gasteiger partial charge in [-0.1, -0.05) is 17.7 Å². The van der Waals surface area contributed by atoms with Crippen molar-refractivity contribution in [2.75, 3.05) is 11.1 Å². The lowest BCUT2D eigenvalue weighted by molar-refractivity contribution is -0.113. The molecule has 0 saturated carbocycles. The van der Waals surface area contributed by atoms with Crippen LogP contribution >= 0.6 is 23.4 Å². The number of hydrogen-bond donors (Lipinski definition) is 2. The van der Waals surface area contributed by atoms with Crippen LogP contribution in [-0.4, -0.2) is 41.4 Å². The minimum Gasteiger partial charge on any atom is -0.340 e. The summed E-state index contributed by atoms with van der Waals surface area (Å²) in [6, 6.07) is 4.55. The second-order valence-electron chi connectivity index (χ2n) is 6.43. The number of amides is 1. The molecule has 1 aliphatic heterocycles. The number of carbonyl (C=O) groups excluding carboxylic acids is 1. The van der Waals surface area contributed by atoms with Crippen LogP contribution in [0.3, 0.4) is 0 Å². The molecule has 4 heterocycles. The summed E-state index contributed by atoms with van der Waals surface area (Å²) in [7, 11) is 0. The molecule has 0 spiro atoms. The number of benzene rings is 1. The van der Waals surface area contributed by atoms with Gasteiger partial charge in [0.2, 0.25) is 5.91 Å². The molecule has 1 aliphatic rings. The van der Waals surface area contributed by atoms with E-state index < -0.39 is 11.1 Å². The summed E-state index contributed by atoms with van der Waals surface area (Å²) in [5, 5.41) is 7.26. The van der Waals surface area contributed by atoms with Crippen molar-refractivity contribution in [2.45, 2.75) is 12.2 Å². The first kappa shape index (κ1) is 18.1. The lowest BCUT2D eigenvalue weighted by atomic mass is 10.0. The molecule has 0 saturated heterocycles. The molecule has 0 aliphatic carbocycles. The Morgan fingerprint density at radius 1 is 1.28 bits per heavy atom. The van der Waals surface area contributed by atoms with E-state index in [1.54, 1.807) is 19.1 Å². The number of aromatic nitrogens is 6. The molecule has 0 fully saturated rings. The number of carbonyl (C=O) groups is 1. The summed E-state index contributed by atoms with van der Waals surface area (Å²) in [6.07, 6.45) is 2.88. The van der Waals surface area contributed by atoms with Gasteiger partial charge in [0, 0.05) is 16.1 Å². The quantitative estimate of drug-likeness (QED) is 0.506. The van der Waals surface area contributed by atoms with Crippen molar-refractivity contribution in [1.29, 1.82) is 0 Å². The highest BCUT2D eigenvalue weighted by Gasteiger charge is 2.33. The van der Waals surface area contributed by atoms with Gasteiger partial charge < -0.3 is 10.3 Å². The lowest BCUT2D eigenvalue weighted by Gasteiger charge is -2.17. The summed E-state index contributed by atoms with van der Waals surface area (Å²) in [6.45, 7) is 1.81. The predicted octanol–water partition coefficient (Wildman–Crippen LogP) is 3.41. The number of rotatable bonds is 2. The van der Waals surface area contributed by atoms with Crippen molar-refractivity contribution in [3.05, 3.63) is 58.5 Å². The van der Waals surface area contributed by atoms with Crippen LogP contribution in [0.4, 0.5) is 10.2 Å². The zero-order valence-corrected chi connectivity index (χ0v) is 16.6. The average molecular weight is 430 g/mol. The molecule has 5 rings (SSSR count). The topological polar surface area (TPSA) is 101 Å². The van der Waals surface area contributed by atoms with Crippen LogP contribution < -0.4 is 5.32 Å². The van der Waals surface area contributed by atoms with E-state index in [1.165, 1.54) is 35.2 Å². The SMILES string of the molecule is Cc1nn(-c2ncnc3nc[nH]c23)c2c1[C@H](c1c(F)cccc1Cl)SCC(=O)N2. The number of nitrogens with zero attached hydrogens (tertiary/aromatic N) is 5. The molecule has 4 aromatic rings. The Hall–Kier alpha value is -2.98. The minimum absolute atomic E-state index is 0.146. The third-order valence-corrected chi connectivity index (χ3v) is 6.24. The number of aromatic amines is 1. The van der Waals surface area contributed by atoms with E-state index in [4.69, 9.17) is 11.6 Å². The second kappa shape index (κ2) is 6.82. The fourth-order valence-corrected chi connectivity index (χ4v) is 5.02. The lowest BCUT2D eigenvalue weighted by Crippen LogP contribution is -2.16. The van der Waals surface area contributed by atoms with Crippen LogP contribution in [-0.2, 0) is 4.79 Å². The Labute approximate surface area is 172 Å². The fourth-order valence-electron chi connectivity index (χ4n) is 3.44. The summed E-state index contributed by atoms with van der Waals surface area (Å²) in [5.41, 5.74) is 2.68. The van der Waals surface area contributed by atoms with Crippen molar-refractivity contribution in [1.82, 2.24) is 29.7 Å². The van der Waals surface area contributed by atoms with Crippen LogP contribution in [0.15, 0.2) is 30.9 Å². The van der Waals surface area contributed by atoms with Crippen molar-refractivity contribution < 1.29 is 9.18 Å². The number of thioether (sulfide) groups is 1. The highest BCUT2D eigenvalue weighted by atomic mass is 35.5. The maximum atomic E-state index is 14.7. The van der Waals surface area contributed by atoms with Gasteiger partial charge in [-0.2, -0.15) is 9.78 Å². The number of anilines is 1. The molecule has 1 amide bonds. The van der Waals surface area contributed by atoms with Gasteiger partial charge in [-0.25, -0.2) is 19.3 Å². The van der Waals surface area contributed by atoms with E-state index in [0.29, 0.717) is 44.6 Å². The minimum atomic E-state index is -0.509. The largest absolute Gasteiger partial charge is 0.340 e. The van der Waals surface area contributed by atoms with Gasteiger partial charge in [-0.05, 0) is 19.1 Å². The van der Waals surface area contributed by atoms with Gasteiger partial charge in [0.05, 0.1) is 23.0 Å². The van der Waals surface area contributed by atoms with Gasteiger partial charge in [-0.3, -0.25) is 4.79 Å². The van der Waals surface area contributed by atoms with Crippen LogP contribution in [0, 0.1) is 12.7 Å². The number of fused-ring (bicyclic) bond motifs is 2. The first-order valence-corrected chi connectivity index (χ1v) is 10.1. The van der Waals surface area contributed by atoms with E-state index >= 15 is 0 Å². The Morgan fingerprint density at radius 3 is 2.97 bits per heavy atom. The number of nitrogens with one attached hydrogen (secondary N) is 2. The third-order valence-electron chi connectivity index (χ3n) is 4.67. The molecule has 11 heteroatoms. The van der Waals surface area contributed by atoms with Gasteiger partial charge in [-0.15, -0.1) is 11.8 Å². The molecule has 0 bridgehead atoms. The van der Waals surface area contributed by atoms with Gasteiger partial charge >= 0.3 is 0 Å². The molecule has 29 heavy (non-hydrogen) atoms. The number of H-pyrrole nitrogens is 1. The zero-order chi connectivity index (χ0) is 20.1. The smallest absolute Gasteiger partial charge is 0.235 e. The highest BCUT2D eigenvalue weighted by Crippen LogP contribution is 2.46. The molecular weight excluding hydrogens is 417 g/mol. The molecule has 146 valence electrons. The summed E-state index contributed by atoms with van der Waals surface area (Å²) >= 11 is 7.64. The predicted molar refractivity (Wildman–Crippen MR) is 108 cm³/mol. The zero-order valence-electron chi connectivity index (χ0n) is 15.0. The van der Waals surface area contributed by atoms with Crippen LogP contribution in [0.25, 0.3) is 17.0 Å². The summed E-state index contributed by atoms with van der Waals surface area (Å²) in [4.78, 5) is 28.0.